The molecule has 0 aromatic heterocycles. The Kier molecular flexibility index (Phi) is 2.90. The summed E-state index contributed by atoms with van der Waals surface area (Å²) in [4.78, 5) is 27.2. The van der Waals surface area contributed by atoms with Crippen LogP contribution in [0.4, 0.5) is 0 Å². The van der Waals surface area contributed by atoms with Crippen LogP contribution in [0.1, 0.15) is 0 Å². The summed E-state index contributed by atoms with van der Waals surface area (Å²) in [5.74, 6) is 3.99. The molecular formula is C26H28Br2O6. The number of carbonyl (C=O) groups excluding carboxylic acids is 2. The highest BCUT2D eigenvalue weighted by atomic mass is 79.9. The molecule has 6 nitrogen and oxygen atoms in total. The van der Waals surface area contributed by atoms with Gasteiger partial charge in [-0.25, -0.2) is 0 Å². The Morgan fingerprint density at radius 2 is 0.912 bits per heavy atom. The van der Waals surface area contributed by atoms with E-state index in [-0.39, 0.29) is 79.1 Å². The largest absolute Gasteiger partial charge is 0.469 e. The zero-order chi connectivity index (χ0) is 23.2. The number of hydrogen-bond acceptors (Lipinski definition) is 6. The standard InChI is InChI=1S/C26H28Br2O6/c1-31-19-15-7-8-16(19)24-12-6-5-11(9(12)21(29)33-3)23(15,24)25(27)13(5)10(22(30)34-4)14(6)26(24,28)18(8)20(32-2)17(7)25/h5-20H,1-4H3. The number of halogens is 2. The summed E-state index contributed by atoms with van der Waals surface area (Å²) < 4.78 is 23.6. The quantitative estimate of drug-likeness (QED) is 0.367. The van der Waals surface area contributed by atoms with Gasteiger partial charge in [0.05, 0.1) is 38.3 Å². The number of hydrogen-bond donors (Lipinski definition) is 0. The SMILES string of the molecule is COC(=O)C1C2C3C4C1C1(Br)C5C(OC)C6C7C5C5C(OC)C7C7(C3C(C(=O)OC)C4C517)C62Br. The van der Waals surface area contributed by atoms with Gasteiger partial charge in [0.15, 0.2) is 0 Å². The lowest BCUT2D eigenvalue weighted by molar-refractivity contribution is -0.150. The van der Waals surface area contributed by atoms with Crippen molar-refractivity contribution in [2.75, 3.05) is 28.4 Å². The molecule has 8 heteroatoms. The Hall–Kier alpha value is -0.180. The molecule has 10 rings (SSSR count). The van der Waals surface area contributed by atoms with Crippen LogP contribution in [0.25, 0.3) is 0 Å². The van der Waals surface area contributed by atoms with Crippen molar-refractivity contribution in [3.8, 4) is 0 Å². The van der Waals surface area contributed by atoms with E-state index >= 15 is 0 Å². The summed E-state index contributed by atoms with van der Waals surface area (Å²) in [6.07, 6.45) is 0.421. The van der Waals surface area contributed by atoms with Crippen molar-refractivity contribution in [1.82, 2.24) is 0 Å². The predicted octanol–water partition coefficient (Wildman–Crippen LogP) is 2.37. The number of carbonyl (C=O) groups is 2. The zero-order valence-electron chi connectivity index (χ0n) is 19.4. The van der Waals surface area contributed by atoms with Crippen molar-refractivity contribution in [2.24, 2.45) is 93.7 Å². The van der Waals surface area contributed by atoms with Gasteiger partial charge in [-0.2, -0.15) is 0 Å². The summed E-state index contributed by atoms with van der Waals surface area (Å²) in [5, 5.41) is 0. The third-order valence-electron chi connectivity index (χ3n) is 14.7. The molecule has 34 heavy (non-hydrogen) atoms. The molecule has 0 amide bonds. The molecule has 10 saturated carbocycles. The average Bonchev–Trinajstić information content (AvgIpc) is 3.63. The topological polar surface area (TPSA) is 71.1 Å². The van der Waals surface area contributed by atoms with Crippen molar-refractivity contribution >= 4 is 43.8 Å². The first kappa shape index (κ1) is 19.9. The van der Waals surface area contributed by atoms with Gasteiger partial charge in [0.25, 0.3) is 0 Å². The number of methoxy groups -OCH3 is 4. The van der Waals surface area contributed by atoms with Crippen LogP contribution in [0.15, 0.2) is 0 Å². The molecule has 182 valence electrons. The lowest BCUT2D eigenvalue weighted by Crippen LogP contribution is -2.57. The minimum Gasteiger partial charge on any atom is -0.469 e. The molecule has 4 bridgehead atoms. The second kappa shape index (κ2) is 4.96. The van der Waals surface area contributed by atoms with E-state index in [4.69, 9.17) is 18.9 Å². The van der Waals surface area contributed by atoms with Gasteiger partial charge in [0.1, 0.15) is 0 Å². The van der Waals surface area contributed by atoms with Gasteiger partial charge in [-0.1, -0.05) is 31.9 Å². The number of esters is 2. The lowest BCUT2D eigenvalue weighted by atomic mass is 9.51. The molecule has 0 saturated heterocycles. The van der Waals surface area contributed by atoms with Gasteiger partial charge in [-0.15, -0.1) is 0 Å². The number of rotatable bonds is 4. The second-order valence-electron chi connectivity index (χ2n) is 13.3. The highest BCUT2D eigenvalue weighted by Gasteiger charge is 3.13. The van der Waals surface area contributed by atoms with E-state index in [2.05, 4.69) is 31.9 Å². The van der Waals surface area contributed by atoms with E-state index in [0.717, 1.165) is 0 Å². The maximum Gasteiger partial charge on any atom is 0.309 e. The molecule has 0 aliphatic heterocycles. The lowest BCUT2D eigenvalue weighted by Gasteiger charge is -2.55. The van der Waals surface area contributed by atoms with Crippen LogP contribution in [0.3, 0.4) is 0 Å². The van der Waals surface area contributed by atoms with Crippen molar-refractivity contribution in [3.05, 3.63) is 0 Å². The van der Waals surface area contributed by atoms with E-state index < -0.39 is 0 Å². The molecule has 16 atom stereocenters. The molecule has 0 aromatic carbocycles. The minimum absolute atomic E-state index is 0.0135. The first-order valence-electron chi connectivity index (χ1n) is 12.9. The van der Waals surface area contributed by atoms with Crippen LogP contribution in [-0.2, 0) is 28.5 Å². The van der Waals surface area contributed by atoms with Gasteiger partial charge in [-0.05, 0) is 59.2 Å². The van der Waals surface area contributed by atoms with Crippen molar-refractivity contribution in [1.29, 1.82) is 0 Å². The predicted molar refractivity (Wildman–Crippen MR) is 123 cm³/mol. The van der Waals surface area contributed by atoms with E-state index in [9.17, 15) is 9.59 Å². The molecule has 10 aliphatic carbocycles. The molecule has 10 aliphatic rings. The van der Waals surface area contributed by atoms with Gasteiger partial charge in [0.2, 0.25) is 0 Å². The summed E-state index contributed by atoms with van der Waals surface area (Å²) >= 11 is 9.18. The van der Waals surface area contributed by atoms with Crippen LogP contribution < -0.4 is 0 Å². The maximum absolute atomic E-state index is 13.6. The van der Waals surface area contributed by atoms with Gasteiger partial charge < -0.3 is 18.9 Å². The van der Waals surface area contributed by atoms with E-state index in [0.29, 0.717) is 47.3 Å². The molecule has 0 N–H and O–H groups in total. The molecular weight excluding hydrogens is 568 g/mol. The summed E-state index contributed by atoms with van der Waals surface area (Å²) in [5.41, 5.74) is -0.120. The smallest absolute Gasteiger partial charge is 0.309 e. The first-order chi connectivity index (χ1) is 16.3. The molecule has 0 heterocycles. The molecule has 10 fully saturated rings. The van der Waals surface area contributed by atoms with Crippen molar-refractivity contribution in [3.63, 3.8) is 0 Å². The Morgan fingerprint density at radius 3 is 1.29 bits per heavy atom. The van der Waals surface area contributed by atoms with Crippen molar-refractivity contribution < 1.29 is 28.5 Å². The van der Waals surface area contributed by atoms with Gasteiger partial charge in [-0.3, -0.25) is 9.59 Å². The normalized spacial score (nSPS) is 76.3. The van der Waals surface area contributed by atoms with Crippen LogP contribution in [0.5, 0.6) is 0 Å². The Balaban J connectivity index is 1.40. The highest BCUT2D eigenvalue weighted by Crippen LogP contribution is 3.10. The third kappa shape index (κ3) is 1.14. The third-order valence-corrected chi connectivity index (χ3v) is 18.1. The molecule has 0 radical (unpaired) electrons. The molecule has 0 aromatic rings. The molecule has 16 unspecified atom stereocenters. The Morgan fingerprint density at radius 1 is 0.559 bits per heavy atom. The van der Waals surface area contributed by atoms with Crippen LogP contribution in [0, 0.1) is 93.7 Å². The number of alkyl halides is 2. The second-order valence-corrected chi connectivity index (χ2v) is 15.9. The van der Waals surface area contributed by atoms with Crippen LogP contribution in [0.2, 0.25) is 0 Å². The van der Waals surface area contributed by atoms with Gasteiger partial charge >= 0.3 is 11.9 Å². The number of ether oxygens (including phenoxy) is 4. The Bertz CT molecular complexity index is 1090. The van der Waals surface area contributed by atoms with E-state index in [1.54, 1.807) is 14.2 Å². The zero-order valence-corrected chi connectivity index (χ0v) is 22.6. The molecule has 2 spiro atoms. The number of fused-ring (bicyclic) bond motifs is 4. The van der Waals surface area contributed by atoms with Gasteiger partial charge in [0, 0.05) is 45.5 Å². The highest BCUT2D eigenvalue weighted by molar-refractivity contribution is 9.10. The summed E-state index contributed by atoms with van der Waals surface area (Å²) in [6.45, 7) is 0. The fourth-order valence-electron chi connectivity index (χ4n) is 16.2. The average molecular weight is 596 g/mol. The maximum atomic E-state index is 13.6. The van der Waals surface area contributed by atoms with E-state index in [1.807, 2.05) is 14.2 Å². The summed E-state index contributed by atoms with van der Waals surface area (Å²) in [6, 6.07) is 0. The van der Waals surface area contributed by atoms with E-state index in [1.165, 1.54) is 0 Å². The van der Waals surface area contributed by atoms with Crippen LogP contribution in [-0.4, -0.2) is 61.2 Å². The van der Waals surface area contributed by atoms with Crippen LogP contribution >= 0.6 is 31.9 Å². The minimum atomic E-state index is -0.226. The fourth-order valence-corrected chi connectivity index (χ4v) is 20.2. The summed E-state index contributed by atoms with van der Waals surface area (Å²) in [7, 11) is 6.93. The van der Waals surface area contributed by atoms with Crippen molar-refractivity contribution in [2.45, 2.75) is 20.9 Å². The fraction of sp³-hybridized carbons (Fsp3) is 0.923. The first-order valence-corrected chi connectivity index (χ1v) is 14.5. The Labute approximate surface area is 214 Å². The monoisotopic (exact) mass is 594 g/mol.